The number of methoxy groups -OCH3 is 1. The Morgan fingerprint density at radius 3 is 2.50 bits per heavy atom. The molecule has 0 aromatic heterocycles. The van der Waals surface area contributed by atoms with Gasteiger partial charge in [0, 0.05) is 0 Å². The van der Waals surface area contributed by atoms with E-state index in [9.17, 15) is 9.59 Å². The molecule has 0 spiro atoms. The van der Waals surface area contributed by atoms with Crippen molar-refractivity contribution in [3.63, 3.8) is 0 Å². The summed E-state index contributed by atoms with van der Waals surface area (Å²) in [7, 11) is 1.30. The van der Waals surface area contributed by atoms with Crippen molar-refractivity contribution in [3.8, 4) is 0 Å². The fourth-order valence-corrected chi connectivity index (χ4v) is 0.865. The van der Waals surface area contributed by atoms with E-state index in [1.807, 2.05) is 0 Å². The molecule has 5 heteroatoms. The number of rotatable bonds is 4. The summed E-state index contributed by atoms with van der Waals surface area (Å²) in [4.78, 5) is 21.8. The van der Waals surface area contributed by atoms with Crippen LogP contribution in [0.5, 0.6) is 0 Å². The molecule has 12 heavy (non-hydrogen) atoms. The maximum Gasteiger partial charge on any atom is 0.328 e. The lowest BCUT2D eigenvalue weighted by molar-refractivity contribution is -0.144. The van der Waals surface area contributed by atoms with Crippen LogP contribution in [0.15, 0.2) is 0 Å². The van der Waals surface area contributed by atoms with Crippen LogP contribution in [-0.2, 0) is 14.3 Å². The normalized spacial score (nSPS) is 11.9. The molecule has 0 bridgehead atoms. The molecule has 0 radical (unpaired) electrons. The molecule has 0 fully saturated rings. The minimum atomic E-state index is -0.528. The number of nitrogens with one attached hydrogen (secondary N) is 1. The van der Waals surface area contributed by atoms with E-state index in [0.717, 1.165) is 0 Å². The van der Waals surface area contributed by atoms with Crippen molar-refractivity contribution < 1.29 is 14.3 Å². The second-order valence-electron chi connectivity index (χ2n) is 2.19. The Morgan fingerprint density at radius 1 is 1.58 bits per heavy atom. The fraction of sp³-hybridized carbons (Fsp3) is 0.714. The quantitative estimate of drug-likeness (QED) is 0.571. The van der Waals surface area contributed by atoms with Crippen molar-refractivity contribution in [1.82, 2.24) is 5.32 Å². The van der Waals surface area contributed by atoms with Gasteiger partial charge in [-0.25, -0.2) is 4.79 Å². The van der Waals surface area contributed by atoms with Gasteiger partial charge in [0.1, 0.15) is 6.04 Å². The smallest absolute Gasteiger partial charge is 0.328 e. The third kappa shape index (κ3) is 3.71. The summed E-state index contributed by atoms with van der Waals surface area (Å²) in [6.45, 7) is 1.80. The highest BCUT2D eigenvalue weighted by Crippen LogP contribution is 1.94. The van der Waals surface area contributed by atoms with Gasteiger partial charge in [0.2, 0.25) is 5.91 Å². The molecule has 4 nitrogen and oxygen atoms in total. The van der Waals surface area contributed by atoms with E-state index >= 15 is 0 Å². The Kier molecular flexibility index (Phi) is 5.70. The zero-order chi connectivity index (χ0) is 9.56. The molecule has 1 N–H and O–H groups in total. The van der Waals surface area contributed by atoms with E-state index in [4.69, 9.17) is 0 Å². The topological polar surface area (TPSA) is 55.4 Å². The lowest BCUT2D eigenvalue weighted by Crippen LogP contribution is -2.41. The molecule has 1 atom stereocenters. The minimum absolute atomic E-state index is 0.195. The highest BCUT2D eigenvalue weighted by atomic mass is 79.9. The van der Waals surface area contributed by atoms with Crippen LogP contribution in [0.1, 0.15) is 13.3 Å². The Labute approximate surface area is 79.8 Å². The Morgan fingerprint density at radius 2 is 2.17 bits per heavy atom. The highest BCUT2D eigenvalue weighted by Gasteiger charge is 2.17. The van der Waals surface area contributed by atoms with Crippen LogP contribution in [0.4, 0.5) is 0 Å². The second kappa shape index (κ2) is 5.99. The summed E-state index contributed by atoms with van der Waals surface area (Å²) in [6, 6.07) is -0.528. The van der Waals surface area contributed by atoms with Crippen LogP contribution in [0, 0.1) is 0 Å². The maximum absolute atomic E-state index is 10.9. The summed E-state index contributed by atoms with van der Waals surface area (Å²) in [6.07, 6.45) is 0.533. The van der Waals surface area contributed by atoms with Crippen LogP contribution in [0.3, 0.4) is 0 Å². The molecule has 0 aliphatic carbocycles. The lowest BCUT2D eigenvalue weighted by atomic mass is 10.2. The predicted molar refractivity (Wildman–Crippen MR) is 48.0 cm³/mol. The van der Waals surface area contributed by atoms with E-state index in [1.54, 1.807) is 6.92 Å². The molecule has 0 aromatic carbocycles. The van der Waals surface area contributed by atoms with Gasteiger partial charge in [0.05, 0.1) is 12.4 Å². The summed E-state index contributed by atoms with van der Waals surface area (Å²) in [5, 5.41) is 2.70. The highest BCUT2D eigenvalue weighted by molar-refractivity contribution is 9.09. The van der Waals surface area contributed by atoms with Gasteiger partial charge in [-0.05, 0) is 6.42 Å². The van der Waals surface area contributed by atoms with E-state index in [1.165, 1.54) is 7.11 Å². The summed E-state index contributed by atoms with van der Waals surface area (Å²) in [5.41, 5.74) is 0. The Hall–Kier alpha value is -0.580. The molecular formula is C7H12BrNO3. The molecule has 1 unspecified atom stereocenters. The van der Waals surface area contributed by atoms with Crippen molar-refractivity contribution in [1.29, 1.82) is 0 Å². The average molecular weight is 238 g/mol. The second-order valence-corrected chi connectivity index (χ2v) is 2.75. The monoisotopic (exact) mass is 237 g/mol. The van der Waals surface area contributed by atoms with Crippen LogP contribution in [-0.4, -0.2) is 30.4 Å². The molecule has 0 saturated heterocycles. The van der Waals surface area contributed by atoms with Crippen molar-refractivity contribution in [2.75, 3.05) is 12.4 Å². The Bertz CT molecular complexity index is 172. The molecule has 0 aromatic rings. The zero-order valence-corrected chi connectivity index (χ0v) is 8.68. The number of carbonyl (C=O) groups is 2. The molecule has 0 rings (SSSR count). The number of halogens is 1. The molecule has 0 aliphatic rings. The largest absolute Gasteiger partial charge is 0.467 e. The average Bonchev–Trinajstić information content (AvgIpc) is 2.12. The van der Waals surface area contributed by atoms with Gasteiger partial charge in [0.15, 0.2) is 0 Å². The number of amides is 1. The van der Waals surface area contributed by atoms with Crippen LogP contribution < -0.4 is 5.32 Å². The first-order valence-corrected chi connectivity index (χ1v) is 4.71. The number of ether oxygens (including phenoxy) is 1. The van der Waals surface area contributed by atoms with Crippen molar-refractivity contribution in [2.24, 2.45) is 0 Å². The predicted octanol–water partition coefficient (Wildman–Crippen LogP) is 0.449. The number of alkyl halides is 1. The molecule has 0 aliphatic heterocycles. The van der Waals surface area contributed by atoms with Gasteiger partial charge in [-0.3, -0.25) is 4.79 Å². The van der Waals surface area contributed by atoms with Crippen molar-refractivity contribution in [2.45, 2.75) is 19.4 Å². The molecule has 0 heterocycles. The van der Waals surface area contributed by atoms with Gasteiger partial charge in [-0.2, -0.15) is 0 Å². The maximum atomic E-state index is 10.9. The molecular weight excluding hydrogens is 226 g/mol. The van der Waals surface area contributed by atoms with Crippen LogP contribution >= 0.6 is 15.9 Å². The minimum Gasteiger partial charge on any atom is -0.467 e. The van der Waals surface area contributed by atoms with E-state index in [-0.39, 0.29) is 11.2 Å². The zero-order valence-electron chi connectivity index (χ0n) is 7.09. The summed E-state index contributed by atoms with van der Waals surface area (Å²) in [5.74, 6) is -0.626. The van der Waals surface area contributed by atoms with Crippen LogP contribution in [0.25, 0.3) is 0 Å². The van der Waals surface area contributed by atoms with E-state index < -0.39 is 12.0 Å². The van der Waals surface area contributed by atoms with Gasteiger partial charge in [-0.15, -0.1) is 0 Å². The van der Waals surface area contributed by atoms with Crippen LogP contribution in [0.2, 0.25) is 0 Å². The van der Waals surface area contributed by atoms with E-state index in [0.29, 0.717) is 6.42 Å². The first-order valence-electron chi connectivity index (χ1n) is 3.58. The summed E-state index contributed by atoms with van der Waals surface area (Å²) >= 11 is 2.98. The molecule has 0 saturated carbocycles. The molecule has 70 valence electrons. The fourth-order valence-electron chi connectivity index (χ4n) is 0.703. The van der Waals surface area contributed by atoms with Gasteiger partial charge in [0.25, 0.3) is 0 Å². The van der Waals surface area contributed by atoms with Gasteiger partial charge >= 0.3 is 5.97 Å². The summed E-state index contributed by atoms with van der Waals surface area (Å²) < 4.78 is 4.48. The van der Waals surface area contributed by atoms with Gasteiger partial charge in [-0.1, -0.05) is 22.9 Å². The number of esters is 1. The number of hydrogen-bond donors (Lipinski definition) is 1. The van der Waals surface area contributed by atoms with Crippen molar-refractivity contribution in [3.05, 3.63) is 0 Å². The molecule has 1 amide bonds. The number of carbonyl (C=O) groups excluding carboxylic acids is 2. The number of hydrogen-bond acceptors (Lipinski definition) is 3. The third-order valence-electron chi connectivity index (χ3n) is 1.35. The SMILES string of the molecule is CCC(NC(=O)CBr)C(=O)OC. The van der Waals surface area contributed by atoms with Crippen molar-refractivity contribution >= 4 is 27.8 Å². The lowest BCUT2D eigenvalue weighted by Gasteiger charge is -2.12. The first-order chi connectivity index (χ1) is 5.65. The van der Waals surface area contributed by atoms with Gasteiger partial charge < -0.3 is 10.1 Å². The Balaban J connectivity index is 3.99. The van der Waals surface area contributed by atoms with E-state index in [2.05, 4.69) is 26.0 Å². The standard InChI is InChI=1S/C7H12BrNO3/c1-3-5(7(11)12-2)9-6(10)4-8/h5H,3-4H2,1-2H3,(H,9,10). The third-order valence-corrected chi connectivity index (χ3v) is 1.86. The first kappa shape index (κ1) is 11.4.